The van der Waals surface area contributed by atoms with Gasteiger partial charge >= 0.3 is 0 Å². The van der Waals surface area contributed by atoms with Crippen LogP contribution in [0.4, 0.5) is 10.2 Å². The first kappa shape index (κ1) is 16.7. The number of H-pyrrole nitrogens is 1. The first-order valence-electron chi connectivity index (χ1n) is 9.35. The molecule has 1 saturated heterocycles. The van der Waals surface area contributed by atoms with Crippen LogP contribution in [0, 0.1) is 5.82 Å². The highest BCUT2D eigenvalue weighted by molar-refractivity contribution is 6.07. The Hall–Kier alpha value is -3.41. The number of pyridine rings is 1. The summed E-state index contributed by atoms with van der Waals surface area (Å²) in [6.07, 6.45) is 2.16. The third-order valence-corrected chi connectivity index (χ3v) is 5.37. The normalized spacial score (nSPS) is 14.5. The largest absolute Gasteiger partial charge is 0.382 e. The Labute approximate surface area is 161 Å². The second kappa shape index (κ2) is 6.34. The molecule has 28 heavy (non-hydrogen) atoms. The Balaban J connectivity index is 1.61. The molecule has 5 nitrogen and oxygen atoms in total. The fraction of sp³-hybridized carbons (Fsp3) is 0.182. The van der Waals surface area contributed by atoms with Gasteiger partial charge in [-0.05, 0) is 36.6 Å². The van der Waals surface area contributed by atoms with E-state index in [1.807, 2.05) is 24.3 Å². The summed E-state index contributed by atoms with van der Waals surface area (Å²) in [6, 6.07) is 12.4. The number of benzene rings is 2. The molecular weight excluding hydrogens is 353 g/mol. The van der Waals surface area contributed by atoms with Crippen molar-refractivity contribution in [3.8, 4) is 11.1 Å². The van der Waals surface area contributed by atoms with Gasteiger partial charge in [0.2, 0.25) is 0 Å². The van der Waals surface area contributed by atoms with Gasteiger partial charge in [-0.3, -0.25) is 0 Å². The third-order valence-electron chi connectivity index (χ3n) is 5.37. The Bertz CT molecular complexity index is 1230. The van der Waals surface area contributed by atoms with Crippen molar-refractivity contribution in [3.63, 3.8) is 0 Å². The molecule has 3 N–H and O–H groups in total. The van der Waals surface area contributed by atoms with Crippen LogP contribution < -0.4 is 5.73 Å². The van der Waals surface area contributed by atoms with E-state index in [0.717, 1.165) is 52.9 Å². The monoisotopic (exact) mass is 373 g/mol. The molecular formula is C22H20FN5. The second-order valence-electron chi connectivity index (χ2n) is 7.21. The number of fused-ring (bicyclic) bond motifs is 3. The van der Waals surface area contributed by atoms with Crippen LogP contribution in [-0.4, -0.2) is 26.4 Å². The lowest BCUT2D eigenvalue weighted by molar-refractivity contribution is 0.378. The molecule has 1 fully saturated rings. The number of likely N-dealkylation sites (tertiary alicyclic amines) is 1. The number of aromatic amines is 1. The van der Waals surface area contributed by atoms with Gasteiger partial charge in [-0.25, -0.2) is 14.4 Å². The van der Waals surface area contributed by atoms with Crippen molar-refractivity contribution in [1.82, 2.24) is 19.9 Å². The van der Waals surface area contributed by atoms with Crippen LogP contribution in [0.15, 0.2) is 54.7 Å². The van der Waals surface area contributed by atoms with E-state index in [0.29, 0.717) is 23.4 Å². The smallest absolute Gasteiger partial charge is 0.150 e. The lowest BCUT2D eigenvalue weighted by atomic mass is 10.0. The molecule has 0 aliphatic carbocycles. The van der Waals surface area contributed by atoms with Gasteiger partial charge in [0.1, 0.15) is 28.5 Å². The molecule has 140 valence electrons. The zero-order valence-corrected chi connectivity index (χ0v) is 15.4. The number of rotatable bonds is 3. The Kier molecular flexibility index (Phi) is 3.79. The average molecular weight is 373 g/mol. The van der Waals surface area contributed by atoms with E-state index in [2.05, 4.69) is 21.4 Å². The van der Waals surface area contributed by atoms with Gasteiger partial charge in [0.25, 0.3) is 0 Å². The van der Waals surface area contributed by atoms with Crippen molar-refractivity contribution in [1.29, 1.82) is 0 Å². The van der Waals surface area contributed by atoms with Gasteiger partial charge in [0, 0.05) is 23.2 Å². The number of nitrogens with one attached hydrogen (secondary N) is 1. The first-order chi connectivity index (χ1) is 13.6. The van der Waals surface area contributed by atoms with Gasteiger partial charge in [-0.2, -0.15) is 0 Å². The summed E-state index contributed by atoms with van der Waals surface area (Å²) in [5.41, 5.74) is 10.9. The van der Waals surface area contributed by atoms with E-state index < -0.39 is 0 Å². The van der Waals surface area contributed by atoms with Crippen molar-refractivity contribution >= 4 is 27.8 Å². The fourth-order valence-corrected chi connectivity index (χ4v) is 3.91. The maximum Gasteiger partial charge on any atom is 0.150 e. The van der Waals surface area contributed by atoms with Gasteiger partial charge in [-0.15, -0.1) is 0 Å². The predicted octanol–water partition coefficient (Wildman–Crippen LogP) is 4.61. The quantitative estimate of drug-likeness (QED) is 0.550. The summed E-state index contributed by atoms with van der Waals surface area (Å²) in [6.45, 7) is 5.79. The van der Waals surface area contributed by atoms with Gasteiger partial charge in [0.15, 0.2) is 0 Å². The summed E-state index contributed by atoms with van der Waals surface area (Å²) in [5.74, 6) is 0.980. The molecule has 0 bridgehead atoms. The second-order valence-corrected chi connectivity index (χ2v) is 7.21. The molecule has 0 spiro atoms. The van der Waals surface area contributed by atoms with Crippen molar-refractivity contribution in [3.05, 3.63) is 66.4 Å². The summed E-state index contributed by atoms with van der Waals surface area (Å²) in [5, 5.41) is 0.895. The van der Waals surface area contributed by atoms with Crippen LogP contribution in [0.5, 0.6) is 0 Å². The molecule has 6 heteroatoms. The van der Waals surface area contributed by atoms with E-state index in [1.54, 1.807) is 12.1 Å². The van der Waals surface area contributed by atoms with Crippen molar-refractivity contribution in [2.24, 2.45) is 0 Å². The number of halogens is 1. The number of nitrogen functional groups attached to an aromatic ring is 1. The van der Waals surface area contributed by atoms with Gasteiger partial charge in [0.05, 0.1) is 12.1 Å². The van der Waals surface area contributed by atoms with E-state index in [-0.39, 0.29) is 5.82 Å². The molecule has 4 aromatic rings. The van der Waals surface area contributed by atoms with Crippen molar-refractivity contribution < 1.29 is 4.39 Å². The van der Waals surface area contributed by atoms with Crippen LogP contribution in [-0.2, 0) is 6.54 Å². The van der Waals surface area contributed by atoms with Crippen LogP contribution in [0.3, 0.4) is 0 Å². The first-order valence-corrected chi connectivity index (χ1v) is 9.35. The maximum absolute atomic E-state index is 14.2. The molecule has 1 aliphatic rings. The Morgan fingerprint density at radius 3 is 2.82 bits per heavy atom. The highest BCUT2D eigenvalue weighted by Gasteiger charge is 2.18. The average Bonchev–Trinajstić information content (AvgIpc) is 3.29. The minimum atomic E-state index is -0.260. The maximum atomic E-state index is 14.2. The Morgan fingerprint density at radius 2 is 2.04 bits per heavy atom. The Morgan fingerprint density at radius 1 is 1.18 bits per heavy atom. The zero-order valence-electron chi connectivity index (χ0n) is 15.4. The standard InChI is InChI=1S/C22H20FN5/c1-13-5-4-10-28(13)12-19-26-20-16-9-8-14(15-6-2-3-7-17(15)23)11-18(16)25-22(24)21(20)27-19/h2-3,6-9,11H,1,4-5,10,12H2,(H2,24,25)(H,26,27). The highest BCUT2D eigenvalue weighted by atomic mass is 19.1. The molecule has 2 aromatic carbocycles. The zero-order chi connectivity index (χ0) is 19.3. The highest BCUT2D eigenvalue weighted by Crippen LogP contribution is 2.31. The molecule has 2 aromatic heterocycles. The van der Waals surface area contributed by atoms with E-state index in [1.165, 1.54) is 6.07 Å². The molecule has 0 radical (unpaired) electrons. The summed E-state index contributed by atoms with van der Waals surface area (Å²) in [4.78, 5) is 14.9. The van der Waals surface area contributed by atoms with Gasteiger partial charge < -0.3 is 15.6 Å². The van der Waals surface area contributed by atoms with E-state index >= 15 is 0 Å². The van der Waals surface area contributed by atoms with Crippen molar-refractivity contribution in [2.45, 2.75) is 19.4 Å². The molecule has 0 saturated carbocycles. The van der Waals surface area contributed by atoms with Crippen LogP contribution in [0.1, 0.15) is 18.7 Å². The third kappa shape index (κ3) is 2.69. The van der Waals surface area contributed by atoms with E-state index in [4.69, 9.17) is 10.7 Å². The number of allylic oxidation sites excluding steroid dienone is 1. The van der Waals surface area contributed by atoms with Gasteiger partial charge in [-0.1, -0.05) is 30.8 Å². The molecule has 5 rings (SSSR count). The number of hydrogen-bond acceptors (Lipinski definition) is 4. The van der Waals surface area contributed by atoms with Crippen LogP contribution in [0.2, 0.25) is 0 Å². The number of anilines is 1. The SMILES string of the molecule is C=C1CCCN1Cc1nc2c([nH]1)c(N)nc1cc(-c3ccccc3F)ccc12. The topological polar surface area (TPSA) is 70.8 Å². The predicted molar refractivity (Wildman–Crippen MR) is 110 cm³/mol. The van der Waals surface area contributed by atoms with Crippen molar-refractivity contribution in [2.75, 3.05) is 12.3 Å². The molecule has 0 amide bonds. The molecule has 0 atom stereocenters. The summed E-state index contributed by atoms with van der Waals surface area (Å²) >= 11 is 0. The van der Waals surface area contributed by atoms with E-state index in [9.17, 15) is 4.39 Å². The van der Waals surface area contributed by atoms with Crippen LogP contribution in [0.25, 0.3) is 33.1 Å². The summed E-state index contributed by atoms with van der Waals surface area (Å²) in [7, 11) is 0. The number of imidazole rings is 1. The lowest BCUT2D eigenvalue weighted by Gasteiger charge is -2.16. The number of hydrogen-bond donors (Lipinski definition) is 2. The lowest BCUT2D eigenvalue weighted by Crippen LogP contribution is -2.17. The minimum absolute atomic E-state index is 0.260. The number of nitrogens with zero attached hydrogens (tertiary/aromatic N) is 3. The number of nitrogens with two attached hydrogens (primary N) is 1. The molecule has 1 aliphatic heterocycles. The molecule has 3 heterocycles. The molecule has 0 unspecified atom stereocenters. The number of aromatic nitrogens is 3. The minimum Gasteiger partial charge on any atom is -0.382 e. The van der Waals surface area contributed by atoms with Crippen LogP contribution >= 0.6 is 0 Å². The fourth-order valence-electron chi connectivity index (χ4n) is 3.91. The summed E-state index contributed by atoms with van der Waals surface area (Å²) < 4.78 is 14.2.